The largest absolute Gasteiger partial charge is 0.355 e. The van der Waals surface area contributed by atoms with E-state index in [1.165, 1.54) is 11.3 Å². The number of carbonyl (C=O) groups excluding carboxylic acids is 1. The van der Waals surface area contributed by atoms with Crippen molar-refractivity contribution in [3.8, 4) is 0 Å². The SMILES string of the molecule is O=C(NNC1=NCCCN1)c1cccs1. The fourth-order valence-electron chi connectivity index (χ4n) is 1.20. The smallest absolute Gasteiger partial charge is 0.279 e. The van der Waals surface area contributed by atoms with Gasteiger partial charge in [-0.05, 0) is 17.9 Å². The molecule has 0 atom stereocenters. The van der Waals surface area contributed by atoms with Crippen molar-refractivity contribution in [2.45, 2.75) is 6.42 Å². The Morgan fingerprint density at radius 2 is 2.53 bits per heavy atom. The predicted octanol–water partition coefficient (Wildman–Crippen LogP) is 0.332. The van der Waals surface area contributed by atoms with Crippen molar-refractivity contribution >= 4 is 23.2 Å². The Balaban J connectivity index is 1.83. The number of aliphatic imine (C=N–C) groups is 1. The summed E-state index contributed by atoms with van der Waals surface area (Å²) < 4.78 is 0. The number of nitrogens with zero attached hydrogens (tertiary/aromatic N) is 1. The topological polar surface area (TPSA) is 65.5 Å². The molecular formula is C9H12N4OS. The van der Waals surface area contributed by atoms with E-state index in [-0.39, 0.29) is 5.91 Å². The first-order chi connectivity index (χ1) is 7.36. The zero-order valence-corrected chi connectivity index (χ0v) is 8.93. The number of thiophene rings is 1. The molecule has 0 radical (unpaired) electrons. The summed E-state index contributed by atoms with van der Waals surface area (Å²) in [6, 6.07) is 3.62. The normalized spacial score (nSPS) is 15.1. The molecule has 0 spiro atoms. The van der Waals surface area contributed by atoms with E-state index in [2.05, 4.69) is 21.2 Å². The third-order valence-corrected chi connectivity index (χ3v) is 2.81. The Bertz CT molecular complexity index is 360. The van der Waals surface area contributed by atoms with Gasteiger partial charge >= 0.3 is 0 Å². The molecule has 0 aliphatic carbocycles. The fourth-order valence-corrected chi connectivity index (χ4v) is 1.82. The summed E-state index contributed by atoms with van der Waals surface area (Å²) in [7, 11) is 0. The second-order valence-corrected chi connectivity index (χ2v) is 4.01. The van der Waals surface area contributed by atoms with Crippen LogP contribution in [0.2, 0.25) is 0 Å². The number of nitrogens with one attached hydrogen (secondary N) is 3. The van der Waals surface area contributed by atoms with Crippen LogP contribution >= 0.6 is 11.3 Å². The molecule has 5 nitrogen and oxygen atoms in total. The molecule has 1 aromatic rings. The first kappa shape index (κ1) is 9.97. The molecule has 1 amide bonds. The highest BCUT2D eigenvalue weighted by Gasteiger charge is 2.07. The third kappa shape index (κ3) is 2.69. The number of hydrogen-bond acceptors (Lipinski definition) is 5. The van der Waals surface area contributed by atoms with E-state index in [0.717, 1.165) is 19.5 Å². The number of amides is 1. The lowest BCUT2D eigenvalue weighted by Gasteiger charge is -2.15. The third-order valence-electron chi connectivity index (χ3n) is 1.94. The quantitative estimate of drug-likeness (QED) is 0.602. The Labute approximate surface area is 91.6 Å². The highest BCUT2D eigenvalue weighted by atomic mass is 32.1. The van der Waals surface area contributed by atoms with Crippen molar-refractivity contribution < 1.29 is 4.79 Å². The Morgan fingerprint density at radius 1 is 1.60 bits per heavy atom. The second kappa shape index (κ2) is 4.79. The van der Waals surface area contributed by atoms with E-state index < -0.39 is 0 Å². The molecule has 2 heterocycles. The molecule has 6 heteroatoms. The maximum Gasteiger partial charge on any atom is 0.279 e. The van der Waals surface area contributed by atoms with Gasteiger partial charge in [-0.3, -0.25) is 20.6 Å². The Kier molecular flexibility index (Phi) is 3.18. The minimum Gasteiger partial charge on any atom is -0.355 e. The lowest BCUT2D eigenvalue weighted by atomic mass is 10.4. The zero-order valence-electron chi connectivity index (χ0n) is 8.12. The molecule has 2 rings (SSSR count). The monoisotopic (exact) mass is 224 g/mol. The van der Waals surface area contributed by atoms with Crippen molar-refractivity contribution in [1.82, 2.24) is 16.2 Å². The van der Waals surface area contributed by atoms with Gasteiger partial charge in [0, 0.05) is 13.1 Å². The second-order valence-electron chi connectivity index (χ2n) is 3.07. The Morgan fingerprint density at radius 3 is 3.20 bits per heavy atom. The van der Waals surface area contributed by atoms with E-state index in [0.29, 0.717) is 10.8 Å². The molecule has 3 N–H and O–H groups in total. The molecular weight excluding hydrogens is 212 g/mol. The van der Waals surface area contributed by atoms with Crippen molar-refractivity contribution in [1.29, 1.82) is 0 Å². The van der Waals surface area contributed by atoms with Gasteiger partial charge in [-0.1, -0.05) is 6.07 Å². The van der Waals surface area contributed by atoms with Gasteiger partial charge in [0.25, 0.3) is 5.91 Å². The summed E-state index contributed by atoms with van der Waals surface area (Å²) in [6.07, 6.45) is 1.03. The average Bonchev–Trinajstić information content (AvgIpc) is 2.81. The maximum atomic E-state index is 11.5. The Hall–Kier alpha value is -1.56. The summed E-state index contributed by atoms with van der Waals surface area (Å²) in [5, 5.41) is 4.91. The van der Waals surface area contributed by atoms with Crippen molar-refractivity contribution in [2.24, 2.45) is 4.99 Å². The molecule has 1 aromatic heterocycles. The van der Waals surface area contributed by atoms with Gasteiger partial charge in [0.15, 0.2) is 0 Å². The number of hydrogen-bond donors (Lipinski definition) is 3. The standard InChI is InChI=1S/C9H12N4OS/c14-8(7-3-1-6-15-7)12-13-9-10-4-2-5-11-9/h1,3,6H,2,4-5H2,(H,12,14)(H2,10,11,13). The zero-order chi connectivity index (χ0) is 10.5. The van der Waals surface area contributed by atoms with Gasteiger partial charge in [-0.25, -0.2) is 0 Å². The number of guanidine groups is 1. The van der Waals surface area contributed by atoms with Crippen molar-refractivity contribution in [2.75, 3.05) is 13.1 Å². The van der Waals surface area contributed by atoms with Crippen LogP contribution in [0.5, 0.6) is 0 Å². The molecule has 0 saturated heterocycles. The van der Waals surface area contributed by atoms with Crippen LogP contribution in [-0.4, -0.2) is 25.0 Å². The molecule has 0 saturated carbocycles. The summed E-state index contributed by atoms with van der Waals surface area (Å²) in [5.74, 6) is 0.492. The van der Waals surface area contributed by atoms with Gasteiger partial charge in [0.2, 0.25) is 5.96 Å². The van der Waals surface area contributed by atoms with Crippen LogP contribution in [0, 0.1) is 0 Å². The van der Waals surface area contributed by atoms with E-state index in [1.54, 1.807) is 6.07 Å². The van der Waals surface area contributed by atoms with Crippen LogP contribution in [-0.2, 0) is 0 Å². The van der Waals surface area contributed by atoms with Crippen LogP contribution in [0.3, 0.4) is 0 Å². The molecule has 0 unspecified atom stereocenters. The first-order valence-corrected chi connectivity index (χ1v) is 5.62. The summed E-state index contributed by atoms with van der Waals surface area (Å²) >= 11 is 1.41. The minimum atomic E-state index is -0.139. The maximum absolute atomic E-state index is 11.5. The lowest BCUT2D eigenvalue weighted by molar-refractivity contribution is 0.0947. The van der Waals surface area contributed by atoms with Crippen LogP contribution in [0.25, 0.3) is 0 Å². The fraction of sp³-hybridized carbons (Fsp3) is 0.333. The number of hydrazine groups is 1. The van der Waals surface area contributed by atoms with Gasteiger partial charge < -0.3 is 5.32 Å². The van der Waals surface area contributed by atoms with Crippen LogP contribution < -0.4 is 16.2 Å². The summed E-state index contributed by atoms with van der Waals surface area (Å²) in [4.78, 5) is 16.3. The molecule has 1 aliphatic heterocycles. The molecule has 15 heavy (non-hydrogen) atoms. The van der Waals surface area contributed by atoms with E-state index in [4.69, 9.17) is 0 Å². The van der Waals surface area contributed by atoms with Gasteiger partial charge in [-0.15, -0.1) is 11.3 Å². The number of rotatable bonds is 1. The highest BCUT2D eigenvalue weighted by Crippen LogP contribution is 2.06. The van der Waals surface area contributed by atoms with Gasteiger partial charge in [0.05, 0.1) is 4.88 Å². The molecule has 1 aliphatic rings. The predicted molar refractivity (Wildman–Crippen MR) is 59.8 cm³/mol. The highest BCUT2D eigenvalue weighted by molar-refractivity contribution is 7.12. The van der Waals surface area contributed by atoms with Gasteiger partial charge in [-0.2, -0.15) is 0 Å². The first-order valence-electron chi connectivity index (χ1n) is 4.74. The van der Waals surface area contributed by atoms with E-state index in [9.17, 15) is 4.79 Å². The summed E-state index contributed by atoms with van der Waals surface area (Å²) in [5.41, 5.74) is 5.34. The lowest BCUT2D eigenvalue weighted by Crippen LogP contribution is -2.49. The van der Waals surface area contributed by atoms with E-state index >= 15 is 0 Å². The van der Waals surface area contributed by atoms with Crippen LogP contribution in [0.15, 0.2) is 22.5 Å². The summed E-state index contributed by atoms with van der Waals surface area (Å²) in [6.45, 7) is 1.69. The van der Waals surface area contributed by atoms with Crippen molar-refractivity contribution in [3.05, 3.63) is 22.4 Å². The van der Waals surface area contributed by atoms with Crippen LogP contribution in [0.4, 0.5) is 0 Å². The average molecular weight is 224 g/mol. The molecule has 0 bridgehead atoms. The molecule has 0 fully saturated rings. The molecule has 80 valence electrons. The minimum absolute atomic E-state index is 0.139. The van der Waals surface area contributed by atoms with Gasteiger partial charge in [0.1, 0.15) is 0 Å². The van der Waals surface area contributed by atoms with E-state index in [1.807, 2.05) is 11.4 Å². The molecule has 0 aromatic carbocycles. The van der Waals surface area contributed by atoms with Crippen molar-refractivity contribution in [3.63, 3.8) is 0 Å². The number of carbonyl (C=O) groups is 1. The van der Waals surface area contributed by atoms with Crippen LogP contribution in [0.1, 0.15) is 16.1 Å².